The first kappa shape index (κ1) is 13.1. The zero-order valence-corrected chi connectivity index (χ0v) is 12.1. The second kappa shape index (κ2) is 5.26. The highest BCUT2D eigenvalue weighted by Crippen LogP contribution is 2.38. The summed E-state index contributed by atoms with van der Waals surface area (Å²) >= 11 is 6.10. The lowest BCUT2D eigenvalue weighted by atomic mass is 9.82. The van der Waals surface area contributed by atoms with Gasteiger partial charge in [0.05, 0.1) is 0 Å². The average Bonchev–Trinajstić information content (AvgIpc) is 2.37. The summed E-state index contributed by atoms with van der Waals surface area (Å²) in [6.45, 7) is 2.24. The highest BCUT2D eigenvalue weighted by atomic mass is 35.5. The van der Waals surface area contributed by atoms with Crippen LogP contribution in [-0.2, 0) is 4.79 Å². The van der Waals surface area contributed by atoms with E-state index in [0.717, 1.165) is 30.7 Å². The summed E-state index contributed by atoms with van der Waals surface area (Å²) in [5, 5.41) is 0.794. The van der Waals surface area contributed by atoms with Crippen molar-refractivity contribution in [3.63, 3.8) is 0 Å². The molecule has 2 bridgehead atoms. The predicted molar refractivity (Wildman–Crippen MR) is 77.4 cm³/mol. The molecule has 3 atom stereocenters. The van der Waals surface area contributed by atoms with Crippen molar-refractivity contribution < 1.29 is 4.79 Å². The summed E-state index contributed by atoms with van der Waals surface area (Å²) in [5.41, 5.74) is 1.26. The fraction of sp³-hybridized carbons (Fsp3) is 0.562. The molecule has 0 aliphatic carbocycles. The number of carbonyl (C=O) groups is 1. The van der Waals surface area contributed by atoms with E-state index in [9.17, 15) is 4.79 Å². The van der Waals surface area contributed by atoms with E-state index in [1.807, 2.05) is 12.1 Å². The van der Waals surface area contributed by atoms with Crippen LogP contribution >= 0.6 is 11.6 Å². The zero-order chi connectivity index (χ0) is 13.4. The molecule has 2 nitrogen and oxygen atoms in total. The number of carbonyl (C=O) groups excluding carboxylic acids is 1. The van der Waals surface area contributed by atoms with Crippen molar-refractivity contribution in [2.45, 2.75) is 57.2 Å². The standard InChI is InChI=1S/C16H20ClNO/c1-11(12-4-2-5-13(17)8-12)18-14-6-3-7-15(18)10-16(19)9-14/h2,4-5,8,11,14-15H,3,6-7,9-10H2,1H3. The quantitative estimate of drug-likeness (QED) is 0.815. The Hall–Kier alpha value is -0.860. The first-order chi connectivity index (χ1) is 9.15. The van der Waals surface area contributed by atoms with E-state index in [-0.39, 0.29) is 0 Å². The van der Waals surface area contributed by atoms with Gasteiger partial charge in [0.15, 0.2) is 0 Å². The van der Waals surface area contributed by atoms with Crippen LogP contribution in [-0.4, -0.2) is 22.8 Å². The van der Waals surface area contributed by atoms with E-state index in [1.165, 1.54) is 12.0 Å². The Labute approximate surface area is 119 Å². The third-order valence-corrected chi connectivity index (χ3v) is 4.86. The maximum absolute atomic E-state index is 11.8. The smallest absolute Gasteiger partial charge is 0.136 e. The molecule has 2 fully saturated rings. The van der Waals surface area contributed by atoms with Crippen molar-refractivity contribution in [2.24, 2.45) is 0 Å². The van der Waals surface area contributed by atoms with Crippen LogP contribution in [0, 0.1) is 0 Å². The summed E-state index contributed by atoms with van der Waals surface area (Å²) in [7, 11) is 0. The maximum Gasteiger partial charge on any atom is 0.136 e. The molecule has 102 valence electrons. The lowest BCUT2D eigenvalue weighted by Crippen LogP contribution is -2.53. The van der Waals surface area contributed by atoms with Gasteiger partial charge < -0.3 is 0 Å². The van der Waals surface area contributed by atoms with Gasteiger partial charge in [0.1, 0.15) is 5.78 Å². The van der Waals surface area contributed by atoms with E-state index in [1.54, 1.807) is 0 Å². The van der Waals surface area contributed by atoms with Gasteiger partial charge >= 0.3 is 0 Å². The van der Waals surface area contributed by atoms with E-state index in [2.05, 4.69) is 24.0 Å². The molecule has 19 heavy (non-hydrogen) atoms. The van der Waals surface area contributed by atoms with Crippen molar-refractivity contribution in [3.8, 4) is 0 Å². The van der Waals surface area contributed by atoms with Crippen molar-refractivity contribution in [3.05, 3.63) is 34.9 Å². The van der Waals surface area contributed by atoms with Crippen molar-refractivity contribution in [1.82, 2.24) is 4.90 Å². The molecule has 2 saturated heterocycles. The molecule has 0 saturated carbocycles. The van der Waals surface area contributed by atoms with Gasteiger partial charge in [-0.25, -0.2) is 0 Å². The molecule has 0 spiro atoms. The number of piperidine rings is 2. The highest BCUT2D eigenvalue weighted by molar-refractivity contribution is 6.30. The summed E-state index contributed by atoms with van der Waals surface area (Å²) in [6, 6.07) is 9.35. The van der Waals surface area contributed by atoms with Crippen molar-refractivity contribution in [1.29, 1.82) is 0 Å². The van der Waals surface area contributed by atoms with Crippen molar-refractivity contribution in [2.75, 3.05) is 0 Å². The molecule has 0 N–H and O–H groups in total. The minimum Gasteiger partial charge on any atom is -0.300 e. The molecule has 0 aromatic heterocycles. The van der Waals surface area contributed by atoms with Crippen LogP contribution in [0.25, 0.3) is 0 Å². The fourth-order valence-electron chi connectivity index (χ4n) is 3.78. The SMILES string of the molecule is CC(c1cccc(Cl)c1)N1C2CCCC1CC(=O)C2. The largest absolute Gasteiger partial charge is 0.300 e. The lowest BCUT2D eigenvalue weighted by Gasteiger charge is -2.48. The zero-order valence-electron chi connectivity index (χ0n) is 11.3. The number of Topliss-reactive ketones (excluding diaryl/α,β-unsaturated/α-hetero) is 1. The molecule has 2 heterocycles. The van der Waals surface area contributed by atoms with Gasteiger partial charge in [0, 0.05) is 36.0 Å². The monoisotopic (exact) mass is 277 g/mol. The van der Waals surface area contributed by atoms with Gasteiger partial charge in [-0.1, -0.05) is 30.2 Å². The first-order valence-corrected chi connectivity index (χ1v) is 7.57. The Kier molecular flexibility index (Phi) is 3.64. The van der Waals surface area contributed by atoms with Crippen LogP contribution in [0.4, 0.5) is 0 Å². The molecule has 1 aromatic rings. The summed E-state index contributed by atoms with van der Waals surface area (Å²) in [4.78, 5) is 14.4. The molecule has 3 rings (SSSR count). The van der Waals surface area contributed by atoms with E-state index in [4.69, 9.17) is 11.6 Å². The topological polar surface area (TPSA) is 20.3 Å². The van der Waals surface area contributed by atoms with Crippen LogP contribution in [0.2, 0.25) is 5.02 Å². The molecule has 1 aromatic carbocycles. The van der Waals surface area contributed by atoms with Gasteiger partial charge in [-0.3, -0.25) is 9.69 Å². The number of nitrogens with zero attached hydrogens (tertiary/aromatic N) is 1. The molecule has 3 unspecified atom stereocenters. The predicted octanol–water partition coefficient (Wildman–Crippen LogP) is 3.99. The normalized spacial score (nSPS) is 29.3. The fourth-order valence-corrected chi connectivity index (χ4v) is 3.98. The number of hydrogen-bond acceptors (Lipinski definition) is 2. The van der Waals surface area contributed by atoms with Crippen LogP contribution in [0.3, 0.4) is 0 Å². The number of hydrogen-bond donors (Lipinski definition) is 0. The number of rotatable bonds is 2. The third kappa shape index (κ3) is 2.56. The van der Waals surface area contributed by atoms with Crippen LogP contribution < -0.4 is 0 Å². The van der Waals surface area contributed by atoms with Gasteiger partial charge in [-0.15, -0.1) is 0 Å². The summed E-state index contributed by atoms with van der Waals surface area (Å²) < 4.78 is 0. The minimum atomic E-state index is 0.349. The maximum atomic E-state index is 11.8. The van der Waals surface area contributed by atoms with Gasteiger partial charge in [-0.05, 0) is 37.5 Å². The average molecular weight is 278 g/mol. The Morgan fingerprint density at radius 3 is 2.58 bits per heavy atom. The first-order valence-electron chi connectivity index (χ1n) is 7.20. The van der Waals surface area contributed by atoms with Gasteiger partial charge in [0.2, 0.25) is 0 Å². The van der Waals surface area contributed by atoms with Gasteiger partial charge in [0.25, 0.3) is 0 Å². The number of ketones is 1. The van der Waals surface area contributed by atoms with Crippen LogP contribution in [0.1, 0.15) is 50.6 Å². The highest BCUT2D eigenvalue weighted by Gasteiger charge is 2.40. The van der Waals surface area contributed by atoms with Crippen LogP contribution in [0.15, 0.2) is 24.3 Å². The summed E-state index contributed by atoms with van der Waals surface area (Å²) in [5.74, 6) is 0.448. The Morgan fingerprint density at radius 1 is 1.26 bits per heavy atom. The Bertz CT molecular complexity index is 471. The third-order valence-electron chi connectivity index (χ3n) is 4.62. The summed E-state index contributed by atoms with van der Waals surface area (Å²) in [6.07, 6.45) is 5.06. The van der Waals surface area contributed by atoms with Crippen molar-refractivity contribution >= 4 is 17.4 Å². The molecule has 2 aliphatic heterocycles. The second-order valence-corrected chi connectivity index (χ2v) is 6.30. The number of halogens is 1. The molecule has 2 aliphatic rings. The van der Waals surface area contributed by atoms with E-state index < -0.39 is 0 Å². The lowest BCUT2D eigenvalue weighted by molar-refractivity contribution is -0.128. The van der Waals surface area contributed by atoms with E-state index in [0.29, 0.717) is 23.9 Å². The molecule has 0 amide bonds. The minimum absolute atomic E-state index is 0.349. The molecule has 3 heteroatoms. The second-order valence-electron chi connectivity index (χ2n) is 5.86. The van der Waals surface area contributed by atoms with Gasteiger partial charge in [-0.2, -0.15) is 0 Å². The number of benzene rings is 1. The Balaban J connectivity index is 1.86. The molecule has 0 radical (unpaired) electrons. The number of fused-ring (bicyclic) bond motifs is 2. The van der Waals surface area contributed by atoms with E-state index >= 15 is 0 Å². The molecular formula is C16H20ClNO. The molecular weight excluding hydrogens is 258 g/mol. The van der Waals surface area contributed by atoms with Crippen LogP contribution in [0.5, 0.6) is 0 Å². The Morgan fingerprint density at radius 2 is 1.95 bits per heavy atom.